The lowest BCUT2D eigenvalue weighted by atomic mass is 9.83. The van der Waals surface area contributed by atoms with Crippen molar-refractivity contribution in [2.75, 3.05) is 18.4 Å². The van der Waals surface area contributed by atoms with Crippen molar-refractivity contribution in [2.24, 2.45) is 5.92 Å². The third-order valence-electron chi connectivity index (χ3n) is 7.83. The zero-order chi connectivity index (χ0) is 26.9. The number of hydrogen-bond acceptors (Lipinski definition) is 3. The fraction of sp³-hybridized carbons (Fsp3) is 0.548. The van der Waals surface area contributed by atoms with Crippen molar-refractivity contribution >= 4 is 17.7 Å². The van der Waals surface area contributed by atoms with Gasteiger partial charge in [-0.05, 0) is 94.5 Å². The Labute approximate surface area is 221 Å². The molecule has 2 aliphatic rings. The van der Waals surface area contributed by atoms with Gasteiger partial charge in [-0.3, -0.25) is 0 Å². The van der Waals surface area contributed by atoms with Gasteiger partial charge in [0.2, 0.25) is 0 Å². The molecule has 6 heteroatoms. The van der Waals surface area contributed by atoms with Crippen LogP contribution in [0.4, 0.5) is 10.5 Å². The first kappa shape index (κ1) is 27.2. The maximum atomic E-state index is 13.4. The first-order valence-electron chi connectivity index (χ1n) is 13.7. The van der Waals surface area contributed by atoms with Crippen molar-refractivity contribution in [1.82, 2.24) is 4.90 Å². The highest BCUT2D eigenvalue weighted by atomic mass is 16.5. The number of carbonyl (C=O) groups is 2. The molecule has 6 nitrogen and oxygen atoms in total. The number of carboxylic acid groups (broad SMARTS) is 1. The van der Waals surface area contributed by atoms with Crippen molar-refractivity contribution in [3.63, 3.8) is 0 Å². The Morgan fingerprint density at radius 2 is 1.73 bits per heavy atom. The molecule has 2 aromatic rings. The van der Waals surface area contributed by atoms with Crippen LogP contribution in [0.1, 0.15) is 86.8 Å². The molecule has 1 aliphatic heterocycles. The van der Waals surface area contributed by atoms with Gasteiger partial charge in [0, 0.05) is 24.3 Å². The van der Waals surface area contributed by atoms with Crippen LogP contribution in [0, 0.1) is 26.7 Å². The van der Waals surface area contributed by atoms with Gasteiger partial charge in [0.15, 0.2) is 6.10 Å². The molecule has 0 bridgehead atoms. The Balaban J connectivity index is 1.84. The Bertz CT molecular complexity index is 1160. The van der Waals surface area contributed by atoms with Gasteiger partial charge in [-0.25, -0.2) is 9.59 Å². The van der Waals surface area contributed by atoms with Gasteiger partial charge in [-0.15, -0.1) is 0 Å². The van der Waals surface area contributed by atoms with E-state index in [-0.39, 0.29) is 6.03 Å². The van der Waals surface area contributed by atoms with Crippen molar-refractivity contribution < 1.29 is 19.4 Å². The second kappa shape index (κ2) is 10.9. The van der Waals surface area contributed by atoms with E-state index < -0.39 is 17.7 Å². The fourth-order valence-corrected chi connectivity index (χ4v) is 5.97. The lowest BCUT2D eigenvalue weighted by Gasteiger charge is -2.30. The number of urea groups is 1. The molecule has 0 spiro atoms. The summed E-state index contributed by atoms with van der Waals surface area (Å²) in [6, 6.07) is 8.10. The SMILES string of the molecule is Cc1ccc(-c2c(C)c3c(c(C)c2[C@H](OC(C)(C)C)C(=O)O)NC(=O)N(CC2CCCCC2)CC3)cc1. The minimum Gasteiger partial charge on any atom is -0.479 e. The highest BCUT2D eigenvalue weighted by Gasteiger charge is 2.35. The molecule has 0 unspecified atom stereocenters. The standard InChI is InChI=1S/C31H42N2O4/c1-19-12-14-23(15-13-19)25-20(2)24-16-17-33(18-22-10-8-7-9-11-22)30(36)32-27(24)21(3)26(25)28(29(34)35)37-31(4,5)6/h12-15,22,28H,7-11,16-18H2,1-6H3,(H,32,36)(H,34,35)/t28-/m0/s1. The fourth-order valence-electron chi connectivity index (χ4n) is 5.97. The van der Waals surface area contributed by atoms with Gasteiger partial charge >= 0.3 is 12.0 Å². The number of nitrogens with zero attached hydrogens (tertiary/aromatic N) is 1. The Morgan fingerprint density at radius 3 is 2.32 bits per heavy atom. The summed E-state index contributed by atoms with van der Waals surface area (Å²) in [5.74, 6) is -0.484. The van der Waals surface area contributed by atoms with Crippen LogP contribution in [0.15, 0.2) is 24.3 Å². The van der Waals surface area contributed by atoms with Crippen LogP contribution in [-0.2, 0) is 16.0 Å². The van der Waals surface area contributed by atoms with Crippen LogP contribution >= 0.6 is 0 Å². The molecule has 2 aromatic carbocycles. The van der Waals surface area contributed by atoms with E-state index in [1.807, 2.05) is 63.8 Å². The zero-order valence-electron chi connectivity index (χ0n) is 23.2. The maximum Gasteiger partial charge on any atom is 0.337 e. The Hall–Kier alpha value is -2.86. The van der Waals surface area contributed by atoms with Crippen molar-refractivity contribution in [1.29, 1.82) is 0 Å². The number of carbonyl (C=O) groups excluding carboxylic acids is 1. The molecule has 1 heterocycles. The van der Waals surface area contributed by atoms with Crippen LogP contribution in [0.5, 0.6) is 0 Å². The summed E-state index contributed by atoms with van der Waals surface area (Å²) in [5.41, 5.74) is 6.53. The van der Waals surface area contributed by atoms with Crippen LogP contribution in [0.25, 0.3) is 11.1 Å². The molecular weight excluding hydrogens is 464 g/mol. The van der Waals surface area contributed by atoms with Crippen molar-refractivity contribution in [3.05, 3.63) is 52.1 Å². The average molecular weight is 507 g/mol. The van der Waals surface area contributed by atoms with E-state index in [1.165, 1.54) is 32.1 Å². The summed E-state index contributed by atoms with van der Waals surface area (Å²) in [4.78, 5) is 28.0. The van der Waals surface area contributed by atoms with E-state index in [0.29, 0.717) is 18.0 Å². The number of anilines is 1. The van der Waals surface area contributed by atoms with Crippen molar-refractivity contribution in [2.45, 2.75) is 91.8 Å². The van der Waals surface area contributed by atoms with Gasteiger partial charge in [-0.2, -0.15) is 0 Å². The third kappa shape index (κ3) is 6.01. The quantitative estimate of drug-likeness (QED) is 0.435. The molecule has 1 atom stereocenters. The molecule has 2 amide bonds. The van der Waals surface area contributed by atoms with Crippen LogP contribution in [0.3, 0.4) is 0 Å². The summed E-state index contributed by atoms with van der Waals surface area (Å²) in [6.07, 6.45) is 5.70. The normalized spacial score (nSPS) is 17.7. The van der Waals surface area contributed by atoms with Crippen molar-refractivity contribution in [3.8, 4) is 11.1 Å². The molecule has 1 saturated carbocycles. The molecule has 0 aromatic heterocycles. The minimum atomic E-state index is -1.17. The van der Waals surface area contributed by atoms with Crippen LogP contribution < -0.4 is 5.32 Å². The van der Waals surface area contributed by atoms with E-state index in [9.17, 15) is 14.7 Å². The molecule has 2 N–H and O–H groups in total. The number of nitrogens with one attached hydrogen (secondary N) is 1. The summed E-state index contributed by atoms with van der Waals surface area (Å²) in [6.45, 7) is 13.0. The molecule has 0 saturated heterocycles. The summed E-state index contributed by atoms with van der Waals surface area (Å²) < 4.78 is 6.16. The number of aliphatic carboxylic acids is 1. The van der Waals surface area contributed by atoms with Crippen LogP contribution in [-0.4, -0.2) is 40.7 Å². The van der Waals surface area contributed by atoms with E-state index in [4.69, 9.17) is 4.74 Å². The van der Waals surface area contributed by atoms with Gasteiger partial charge in [-0.1, -0.05) is 49.1 Å². The molecule has 1 aliphatic carbocycles. The van der Waals surface area contributed by atoms with E-state index in [2.05, 4.69) is 12.2 Å². The van der Waals surface area contributed by atoms with Crippen LogP contribution in [0.2, 0.25) is 0 Å². The molecular formula is C31H42N2O4. The molecule has 1 fully saturated rings. The van der Waals surface area contributed by atoms with Gasteiger partial charge in [0.1, 0.15) is 0 Å². The number of carboxylic acids is 1. The largest absolute Gasteiger partial charge is 0.479 e. The predicted octanol–water partition coefficient (Wildman–Crippen LogP) is 7.19. The van der Waals surface area contributed by atoms with Gasteiger partial charge in [0.25, 0.3) is 0 Å². The van der Waals surface area contributed by atoms with Gasteiger partial charge < -0.3 is 20.1 Å². The van der Waals surface area contributed by atoms with E-state index in [0.717, 1.165) is 52.0 Å². The molecule has 4 rings (SSSR count). The number of aryl methyl sites for hydroxylation is 1. The zero-order valence-corrected chi connectivity index (χ0v) is 23.2. The second-order valence-corrected chi connectivity index (χ2v) is 11.8. The highest BCUT2D eigenvalue weighted by molar-refractivity contribution is 5.95. The maximum absolute atomic E-state index is 13.4. The molecule has 200 valence electrons. The predicted molar refractivity (Wildman–Crippen MR) is 148 cm³/mol. The molecule has 0 radical (unpaired) electrons. The number of rotatable bonds is 6. The number of hydrogen-bond donors (Lipinski definition) is 2. The minimum absolute atomic E-state index is 0.0931. The summed E-state index contributed by atoms with van der Waals surface area (Å²) in [7, 11) is 0. The number of fused-ring (bicyclic) bond motifs is 1. The Kier molecular flexibility index (Phi) is 7.98. The summed E-state index contributed by atoms with van der Waals surface area (Å²) >= 11 is 0. The van der Waals surface area contributed by atoms with E-state index >= 15 is 0 Å². The topological polar surface area (TPSA) is 78.9 Å². The highest BCUT2D eigenvalue weighted by Crippen LogP contribution is 2.44. The number of benzene rings is 2. The van der Waals surface area contributed by atoms with Gasteiger partial charge in [0.05, 0.1) is 5.60 Å². The summed E-state index contributed by atoms with van der Waals surface area (Å²) in [5, 5.41) is 13.5. The first-order chi connectivity index (χ1) is 17.5. The second-order valence-electron chi connectivity index (χ2n) is 11.8. The third-order valence-corrected chi connectivity index (χ3v) is 7.83. The average Bonchev–Trinajstić information content (AvgIpc) is 3.00. The lowest BCUT2D eigenvalue weighted by Crippen LogP contribution is -2.38. The molecule has 37 heavy (non-hydrogen) atoms. The Morgan fingerprint density at radius 1 is 1.08 bits per heavy atom. The first-order valence-corrected chi connectivity index (χ1v) is 13.7. The lowest BCUT2D eigenvalue weighted by molar-refractivity contribution is -0.160. The monoisotopic (exact) mass is 506 g/mol. The number of amides is 2. The smallest absolute Gasteiger partial charge is 0.337 e. The van der Waals surface area contributed by atoms with E-state index in [1.54, 1.807) is 0 Å². The number of ether oxygens (including phenoxy) is 1.